The molecule has 3 heteroatoms. The molecular formula is C12H24N2O. The van der Waals surface area contributed by atoms with Gasteiger partial charge in [-0.05, 0) is 27.7 Å². The second-order valence-electron chi connectivity index (χ2n) is 5.82. The Labute approximate surface area is 93.4 Å². The van der Waals surface area contributed by atoms with Gasteiger partial charge in [0.1, 0.15) is 0 Å². The van der Waals surface area contributed by atoms with E-state index >= 15 is 0 Å². The first-order chi connectivity index (χ1) is 7.02. The smallest absolute Gasteiger partial charge is 0.0992 e. The second kappa shape index (κ2) is 4.04. The highest BCUT2D eigenvalue weighted by Gasteiger charge is 2.47. The number of rotatable bonds is 2. The van der Waals surface area contributed by atoms with Crippen LogP contribution in [0.5, 0.6) is 0 Å². The second-order valence-corrected chi connectivity index (χ2v) is 5.82. The van der Waals surface area contributed by atoms with E-state index in [9.17, 15) is 0 Å². The average Bonchev–Trinajstić information content (AvgIpc) is 2.13. The van der Waals surface area contributed by atoms with Gasteiger partial charge < -0.3 is 4.74 Å². The van der Waals surface area contributed by atoms with E-state index in [0.29, 0.717) is 17.5 Å². The first-order valence-corrected chi connectivity index (χ1v) is 6.08. The zero-order chi connectivity index (χ0) is 11.1. The van der Waals surface area contributed by atoms with Crippen molar-refractivity contribution >= 4 is 0 Å². The molecule has 0 aromatic rings. The predicted octanol–water partition coefficient (Wildman–Crippen LogP) is 1.39. The Balaban J connectivity index is 1.89. The zero-order valence-electron chi connectivity index (χ0n) is 10.5. The fourth-order valence-electron chi connectivity index (χ4n) is 2.60. The standard InChI is InChI=1S/C12H24N2O/c1-10(2)13-5-12(6-13)7-14(11(3)4)9-15-8-12/h10-11H,5-9H2,1-4H3. The summed E-state index contributed by atoms with van der Waals surface area (Å²) in [5, 5.41) is 0. The van der Waals surface area contributed by atoms with Crippen LogP contribution in [0.2, 0.25) is 0 Å². The molecule has 1 spiro atoms. The summed E-state index contributed by atoms with van der Waals surface area (Å²) in [5.41, 5.74) is 0.437. The molecule has 0 N–H and O–H groups in total. The van der Waals surface area contributed by atoms with E-state index < -0.39 is 0 Å². The van der Waals surface area contributed by atoms with Crippen molar-refractivity contribution in [2.45, 2.75) is 39.8 Å². The minimum absolute atomic E-state index is 0.437. The van der Waals surface area contributed by atoms with Crippen molar-refractivity contribution in [3.05, 3.63) is 0 Å². The molecule has 3 nitrogen and oxygen atoms in total. The van der Waals surface area contributed by atoms with Gasteiger partial charge in [-0.3, -0.25) is 9.80 Å². The number of hydrogen-bond donors (Lipinski definition) is 0. The zero-order valence-corrected chi connectivity index (χ0v) is 10.5. The van der Waals surface area contributed by atoms with Crippen molar-refractivity contribution < 1.29 is 4.74 Å². The molecule has 2 fully saturated rings. The van der Waals surface area contributed by atoms with Crippen molar-refractivity contribution in [2.24, 2.45) is 5.41 Å². The summed E-state index contributed by atoms with van der Waals surface area (Å²) < 4.78 is 5.73. The number of hydrogen-bond acceptors (Lipinski definition) is 3. The van der Waals surface area contributed by atoms with Crippen molar-refractivity contribution in [3.63, 3.8) is 0 Å². The van der Waals surface area contributed by atoms with Crippen LogP contribution in [-0.4, -0.2) is 54.9 Å². The lowest BCUT2D eigenvalue weighted by Gasteiger charge is -2.56. The molecule has 2 heterocycles. The Morgan fingerprint density at radius 1 is 0.933 bits per heavy atom. The first kappa shape index (κ1) is 11.4. The Bertz CT molecular complexity index is 222. The fourth-order valence-corrected chi connectivity index (χ4v) is 2.60. The molecule has 0 radical (unpaired) electrons. The normalized spacial score (nSPS) is 27.6. The highest BCUT2D eigenvalue weighted by atomic mass is 16.5. The molecule has 0 aliphatic carbocycles. The molecule has 0 unspecified atom stereocenters. The van der Waals surface area contributed by atoms with Crippen molar-refractivity contribution in [3.8, 4) is 0 Å². The Morgan fingerprint density at radius 2 is 1.47 bits per heavy atom. The maximum absolute atomic E-state index is 5.73. The van der Waals surface area contributed by atoms with Crippen LogP contribution in [0.3, 0.4) is 0 Å². The summed E-state index contributed by atoms with van der Waals surface area (Å²) in [6.45, 7) is 14.5. The quantitative estimate of drug-likeness (QED) is 0.688. The van der Waals surface area contributed by atoms with E-state index in [2.05, 4.69) is 37.5 Å². The lowest BCUT2D eigenvalue weighted by atomic mass is 9.78. The van der Waals surface area contributed by atoms with Crippen LogP contribution in [0, 0.1) is 5.41 Å². The van der Waals surface area contributed by atoms with Gasteiger partial charge in [-0.25, -0.2) is 0 Å². The van der Waals surface area contributed by atoms with E-state index in [-0.39, 0.29) is 0 Å². The van der Waals surface area contributed by atoms with Gasteiger partial charge in [0.05, 0.1) is 13.3 Å². The monoisotopic (exact) mass is 212 g/mol. The summed E-state index contributed by atoms with van der Waals surface area (Å²) in [6, 6.07) is 1.29. The lowest BCUT2D eigenvalue weighted by Crippen LogP contribution is -2.67. The number of likely N-dealkylation sites (tertiary alicyclic amines) is 1. The van der Waals surface area contributed by atoms with Gasteiger partial charge >= 0.3 is 0 Å². The average molecular weight is 212 g/mol. The van der Waals surface area contributed by atoms with Crippen LogP contribution in [-0.2, 0) is 4.74 Å². The van der Waals surface area contributed by atoms with Crippen molar-refractivity contribution in [1.82, 2.24) is 9.80 Å². The lowest BCUT2D eigenvalue weighted by molar-refractivity contribution is -0.164. The molecule has 0 amide bonds. The minimum Gasteiger partial charge on any atom is -0.365 e. The van der Waals surface area contributed by atoms with Gasteiger partial charge in [-0.15, -0.1) is 0 Å². The van der Waals surface area contributed by atoms with Gasteiger partial charge in [-0.1, -0.05) is 0 Å². The summed E-state index contributed by atoms with van der Waals surface area (Å²) in [6.07, 6.45) is 0. The molecule has 15 heavy (non-hydrogen) atoms. The van der Waals surface area contributed by atoms with Gasteiger partial charge in [0.2, 0.25) is 0 Å². The van der Waals surface area contributed by atoms with Gasteiger partial charge in [0.25, 0.3) is 0 Å². The third-order valence-corrected chi connectivity index (χ3v) is 3.74. The third kappa shape index (κ3) is 2.19. The predicted molar refractivity (Wildman–Crippen MR) is 61.8 cm³/mol. The van der Waals surface area contributed by atoms with E-state index in [0.717, 1.165) is 13.3 Å². The molecule has 0 aromatic carbocycles. The molecule has 2 aliphatic heterocycles. The molecule has 2 saturated heterocycles. The molecular weight excluding hydrogens is 188 g/mol. The van der Waals surface area contributed by atoms with E-state index in [1.165, 1.54) is 19.6 Å². The maximum Gasteiger partial charge on any atom is 0.0992 e. The highest BCUT2D eigenvalue weighted by Crippen LogP contribution is 2.35. The summed E-state index contributed by atoms with van der Waals surface area (Å²) in [4.78, 5) is 4.98. The van der Waals surface area contributed by atoms with Crippen LogP contribution >= 0.6 is 0 Å². The molecule has 2 rings (SSSR count). The summed E-state index contributed by atoms with van der Waals surface area (Å²) >= 11 is 0. The molecule has 0 aromatic heterocycles. The highest BCUT2D eigenvalue weighted by molar-refractivity contribution is 4.99. The van der Waals surface area contributed by atoms with E-state index in [1.807, 2.05) is 0 Å². The van der Waals surface area contributed by atoms with Crippen LogP contribution < -0.4 is 0 Å². The summed E-state index contributed by atoms with van der Waals surface area (Å²) in [5.74, 6) is 0. The van der Waals surface area contributed by atoms with Gasteiger partial charge in [0, 0.05) is 37.1 Å². The fraction of sp³-hybridized carbons (Fsp3) is 1.00. The summed E-state index contributed by atoms with van der Waals surface area (Å²) in [7, 11) is 0. The van der Waals surface area contributed by atoms with E-state index in [4.69, 9.17) is 4.74 Å². The van der Waals surface area contributed by atoms with Crippen LogP contribution in [0.4, 0.5) is 0 Å². The van der Waals surface area contributed by atoms with Crippen LogP contribution in [0.1, 0.15) is 27.7 Å². The van der Waals surface area contributed by atoms with Gasteiger partial charge in [-0.2, -0.15) is 0 Å². The minimum atomic E-state index is 0.437. The number of ether oxygens (including phenoxy) is 1. The first-order valence-electron chi connectivity index (χ1n) is 6.08. The Morgan fingerprint density at radius 3 is 2.00 bits per heavy atom. The van der Waals surface area contributed by atoms with Crippen molar-refractivity contribution in [1.29, 1.82) is 0 Å². The van der Waals surface area contributed by atoms with E-state index in [1.54, 1.807) is 0 Å². The Hall–Kier alpha value is -0.120. The molecule has 0 atom stereocenters. The maximum atomic E-state index is 5.73. The number of nitrogens with zero attached hydrogens (tertiary/aromatic N) is 2. The Kier molecular flexibility index (Phi) is 3.06. The largest absolute Gasteiger partial charge is 0.365 e. The molecule has 2 aliphatic rings. The van der Waals surface area contributed by atoms with Crippen LogP contribution in [0.15, 0.2) is 0 Å². The SMILES string of the molecule is CC(C)N1COCC2(C1)CN(C(C)C)C2. The van der Waals surface area contributed by atoms with Gasteiger partial charge in [0.15, 0.2) is 0 Å². The van der Waals surface area contributed by atoms with Crippen molar-refractivity contribution in [2.75, 3.05) is 33.0 Å². The molecule has 0 saturated carbocycles. The van der Waals surface area contributed by atoms with Crippen LogP contribution in [0.25, 0.3) is 0 Å². The molecule has 88 valence electrons. The third-order valence-electron chi connectivity index (χ3n) is 3.74. The molecule has 0 bridgehead atoms. The topological polar surface area (TPSA) is 15.7 Å².